The van der Waals surface area contributed by atoms with Gasteiger partial charge in [0.25, 0.3) is 0 Å². The largest absolute Gasteiger partial charge is 0.0623 e. The van der Waals surface area contributed by atoms with E-state index in [1.54, 1.807) is 24.3 Å². The fourth-order valence-electron chi connectivity index (χ4n) is 3.47. The predicted molar refractivity (Wildman–Crippen MR) is 149 cm³/mol. The van der Waals surface area contributed by atoms with Gasteiger partial charge in [0.2, 0.25) is 0 Å². The molecule has 0 heterocycles. The Morgan fingerprint density at radius 3 is 1.17 bits per heavy atom. The second-order valence-electron chi connectivity index (χ2n) is 8.51. The quantitative estimate of drug-likeness (QED) is 0.113. The molecule has 0 bridgehead atoms. The monoisotopic (exact) mass is 608 g/mol. The van der Waals surface area contributed by atoms with Gasteiger partial charge in [-0.15, -0.1) is 0 Å². The van der Waals surface area contributed by atoms with Crippen LogP contribution in [0.15, 0.2) is 60.7 Å². The Morgan fingerprint density at radius 1 is 0.514 bits per heavy atom. The summed E-state index contributed by atoms with van der Waals surface area (Å²) < 4.78 is 10.7. The van der Waals surface area contributed by atoms with Gasteiger partial charge in [-0.3, -0.25) is 0 Å². The van der Waals surface area contributed by atoms with Crippen molar-refractivity contribution in [1.82, 2.24) is 0 Å². The van der Waals surface area contributed by atoms with Crippen LogP contribution in [0.4, 0.5) is 0 Å². The van der Waals surface area contributed by atoms with Gasteiger partial charge >= 0.3 is 60.8 Å². The second-order valence-corrected chi connectivity index (χ2v) is 8.51. The number of carbonyl (C=O) groups is 2. The summed E-state index contributed by atoms with van der Waals surface area (Å²) in [4.78, 5) is 24.7. The van der Waals surface area contributed by atoms with E-state index in [1.807, 2.05) is 36.4 Å². The van der Waals surface area contributed by atoms with Gasteiger partial charge in [-0.2, -0.15) is 0 Å². The molecule has 0 N–H and O–H groups in total. The zero-order valence-electron chi connectivity index (χ0n) is 21.3. The first kappa shape index (κ1) is 34.0. The van der Waals surface area contributed by atoms with E-state index < -0.39 is 11.9 Å². The van der Waals surface area contributed by atoms with Crippen LogP contribution in [0.5, 0.6) is 0 Å². The fraction of sp³-hybridized carbons (Fsp3) is 0.533. The molecule has 0 aliphatic rings. The van der Waals surface area contributed by atoms with E-state index in [0.717, 1.165) is 25.7 Å². The molecule has 0 unspecified atom stereocenters. The molecule has 0 aliphatic heterocycles. The summed E-state index contributed by atoms with van der Waals surface area (Å²) in [5.74, 6) is -0.888. The number of unbranched alkanes of at least 4 members (excludes halogenated alkanes) is 10. The van der Waals surface area contributed by atoms with Crippen molar-refractivity contribution < 1.29 is 19.1 Å². The molecule has 5 heteroatoms. The molecule has 0 radical (unpaired) electrons. The topological polar surface area (TPSA) is 52.6 Å². The summed E-state index contributed by atoms with van der Waals surface area (Å²) in [7, 11) is 0. The molecule has 0 aromatic heterocycles. The first-order chi connectivity index (χ1) is 16.7. The van der Waals surface area contributed by atoms with Crippen molar-refractivity contribution in [1.29, 1.82) is 0 Å². The minimum atomic E-state index is -0.444. The SMILES string of the molecule is CCCCCCCCOC(=O)c1ccccc1C(=O)OCCCCCCCC.[BaH2].c1ccccc1. The second kappa shape index (κ2) is 24.6. The number of benzene rings is 2. The maximum atomic E-state index is 12.4. The predicted octanol–water partition coefficient (Wildman–Crippen LogP) is 7.49. The van der Waals surface area contributed by atoms with Crippen LogP contribution in [-0.4, -0.2) is 74.0 Å². The van der Waals surface area contributed by atoms with E-state index in [4.69, 9.17) is 9.47 Å². The van der Waals surface area contributed by atoms with Crippen molar-refractivity contribution in [3.8, 4) is 0 Å². The third kappa shape index (κ3) is 17.9. The van der Waals surface area contributed by atoms with Gasteiger partial charge in [0.05, 0.1) is 24.3 Å². The Hall–Kier alpha value is -1.05. The molecule has 4 nitrogen and oxygen atoms in total. The molecule has 192 valence electrons. The number of esters is 2. The Labute approximate surface area is 253 Å². The van der Waals surface area contributed by atoms with Crippen LogP contribution in [0.3, 0.4) is 0 Å². The molecule has 2 aromatic rings. The van der Waals surface area contributed by atoms with Gasteiger partial charge in [-0.05, 0) is 25.0 Å². The number of hydrogen-bond acceptors (Lipinski definition) is 4. The first-order valence-corrected chi connectivity index (χ1v) is 13.1. The van der Waals surface area contributed by atoms with Gasteiger partial charge in [0.1, 0.15) is 0 Å². The summed E-state index contributed by atoms with van der Waals surface area (Å²) in [6, 6.07) is 18.7. The van der Waals surface area contributed by atoms with Crippen LogP contribution >= 0.6 is 0 Å². The average Bonchev–Trinajstić information content (AvgIpc) is 2.88. The zero-order valence-corrected chi connectivity index (χ0v) is 21.3. The minimum Gasteiger partial charge on any atom is -0.0623 e. The van der Waals surface area contributed by atoms with E-state index in [1.165, 1.54) is 51.4 Å². The van der Waals surface area contributed by atoms with Crippen molar-refractivity contribution in [2.24, 2.45) is 0 Å². The van der Waals surface area contributed by atoms with Crippen molar-refractivity contribution >= 4 is 60.8 Å². The summed E-state index contributed by atoms with van der Waals surface area (Å²) >= 11 is 0. The maximum Gasteiger partial charge on any atom is -0.0623 e. The van der Waals surface area contributed by atoms with Gasteiger partial charge in [0.15, 0.2) is 0 Å². The summed E-state index contributed by atoms with van der Waals surface area (Å²) in [6.45, 7) is 5.17. The Morgan fingerprint density at radius 2 is 0.829 bits per heavy atom. The summed E-state index contributed by atoms with van der Waals surface area (Å²) in [5, 5.41) is 0. The third-order valence-corrected chi connectivity index (χ3v) is 5.50. The van der Waals surface area contributed by atoms with Crippen LogP contribution in [-0.2, 0) is 9.47 Å². The molecule has 0 saturated heterocycles. The Bertz CT molecular complexity index is 688. The third-order valence-electron chi connectivity index (χ3n) is 5.50. The van der Waals surface area contributed by atoms with Crippen LogP contribution in [0.1, 0.15) is 112 Å². The maximum absolute atomic E-state index is 12.4. The van der Waals surface area contributed by atoms with Crippen molar-refractivity contribution in [2.75, 3.05) is 13.2 Å². The van der Waals surface area contributed by atoms with Gasteiger partial charge < -0.3 is 9.47 Å². The van der Waals surface area contributed by atoms with Gasteiger partial charge in [-0.1, -0.05) is 127 Å². The minimum absolute atomic E-state index is 0. The standard InChI is InChI=1S/C24H38O4.C6H6.Ba.2H/c1-3-5-7-9-11-15-19-27-23(25)21-17-13-14-18-22(21)24(26)28-20-16-12-10-8-6-4-2;1-2-4-6-5-3-1;;;/h13-14,17-18H,3-12,15-16,19-20H2,1-2H3;1-6H;;;. The molecular weight excluding hydrogens is 562 g/mol. The first-order valence-electron chi connectivity index (χ1n) is 13.1. The Balaban J connectivity index is 0.00000143. The molecule has 0 amide bonds. The molecule has 0 fully saturated rings. The van der Waals surface area contributed by atoms with Gasteiger partial charge in [0, 0.05) is 0 Å². The van der Waals surface area contributed by atoms with Crippen molar-refractivity contribution in [3.05, 3.63) is 71.8 Å². The van der Waals surface area contributed by atoms with E-state index in [2.05, 4.69) is 13.8 Å². The number of ether oxygens (including phenoxy) is 2. The van der Waals surface area contributed by atoms with Crippen LogP contribution in [0, 0.1) is 0 Å². The summed E-state index contributed by atoms with van der Waals surface area (Å²) in [6.07, 6.45) is 13.6. The molecule has 0 aliphatic carbocycles. The fourth-order valence-corrected chi connectivity index (χ4v) is 3.47. The van der Waals surface area contributed by atoms with E-state index in [-0.39, 0.29) is 48.9 Å². The van der Waals surface area contributed by atoms with Crippen molar-refractivity contribution in [2.45, 2.75) is 90.9 Å². The smallest absolute Gasteiger partial charge is 0.0623 e. The molecule has 0 spiro atoms. The molecule has 35 heavy (non-hydrogen) atoms. The normalized spacial score (nSPS) is 9.89. The molecule has 0 atom stereocenters. The molecule has 0 saturated carbocycles. The van der Waals surface area contributed by atoms with E-state index >= 15 is 0 Å². The van der Waals surface area contributed by atoms with Crippen LogP contribution < -0.4 is 0 Å². The average molecular weight is 608 g/mol. The van der Waals surface area contributed by atoms with Crippen LogP contribution in [0.25, 0.3) is 0 Å². The van der Waals surface area contributed by atoms with E-state index in [9.17, 15) is 9.59 Å². The van der Waals surface area contributed by atoms with Crippen LogP contribution in [0.2, 0.25) is 0 Å². The van der Waals surface area contributed by atoms with E-state index in [0.29, 0.717) is 24.3 Å². The Kier molecular flexibility index (Phi) is 23.9. The molecular formula is C30H46BaO4. The van der Waals surface area contributed by atoms with Crippen molar-refractivity contribution in [3.63, 3.8) is 0 Å². The molecule has 2 aromatic carbocycles. The van der Waals surface area contributed by atoms with Gasteiger partial charge in [-0.25, -0.2) is 9.59 Å². The summed E-state index contributed by atoms with van der Waals surface area (Å²) in [5.41, 5.74) is 0.586. The number of hydrogen-bond donors (Lipinski definition) is 0. The molecule has 2 rings (SSSR count). The zero-order chi connectivity index (χ0) is 24.7. The number of rotatable bonds is 16. The number of carbonyl (C=O) groups excluding carboxylic acids is 2.